The highest BCUT2D eigenvalue weighted by atomic mass is 79.9. The van der Waals surface area contributed by atoms with Crippen molar-refractivity contribution in [2.75, 3.05) is 0 Å². The first-order valence-corrected chi connectivity index (χ1v) is 6.75. The van der Waals surface area contributed by atoms with Gasteiger partial charge in [0.2, 0.25) is 0 Å². The standard InChI is InChI=1S/C13H11BrF3N3O/c1-7(11-18-4-5-19-11)20-12(21)8-2-3-10(14)9(6-8)13(15,16)17/h2-7H,1H3,(H,18,19)(H,20,21). The fourth-order valence-corrected chi connectivity index (χ4v) is 2.22. The van der Waals surface area contributed by atoms with Gasteiger partial charge >= 0.3 is 6.18 Å². The number of nitrogens with one attached hydrogen (secondary N) is 2. The van der Waals surface area contributed by atoms with Gasteiger partial charge in [-0.05, 0) is 25.1 Å². The molecule has 2 rings (SSSR count). The molecule has 0 aliphatic rings. The number of hydrogen-bond acceptors (Lipinski definition) is 2. The third-order valence-electron chi connectivity index (χ3n) is 2.81. The van der Waals surface area contributed by atoms with Crippen LogP contribution in [0.25, 0.3) is 0 Å². The number of alkyl halides is 3. The third-order valence-corrected chi connectivity index (χ3v) is 3.50. The molecule has 2 N–H and O–H groups in total. The van der Waals surface area contributed by atoms with E-state index in [0.29, 0.717) is 5.82 Å². The normalized spacial score (nSPS) is 13.0. The first-order valence-electron chi connectivity index (χ1n) is 5.96. The predicted molar refractivity (Wildman–Crippen MR) is 73.6 cm³/mol. The van der Waals surface area contributed by atoms with Gasteiger partial charge in [0.15, 0.2) is 0 Å². The first-order chi connectivity index (χ1) is 9.79. The SMILES string of the molecule is CC(NC(=O)c1ccc(Br)c(C(F)(F)F)c1)c1ncc[nH]1. The largest absolute Gasteiger partial charge is 0.417 e. The first kappa shape index (κ1) is 15.6. The topological polar surface area (TPSA) is 57.8 Å². The third kappa shape index (κ3) is 3.63. The Morgan fingerprint density at radius 2 is 2.14 bits per heavy atom. The second kappa shape index (κ2) is 5.88. The second-order valence-electron chi connectivity index (χ2n) is 4.36. The Hall–Kier alpha value is -1.83. The van der Waals surface area contributed by atoms with Crippen LogP contribution in [0.4, 0.5) is 13.2 Å². The lowest BCUT2D eigenvalue weighted by Crippen LogP contribution is -2.27. The predicted octanol–water partition coefficient (Wildman–Crippen LogP) is 3.68. The van der Waals surface area contributed by atoms with Crippen molar-refractivity contribution in [3.05, 3.63) is 52.0 Å². The zero-order valence-electron chi connectivity index (χ0n) is 10.8. The summed E-state index contributed by atoms with van der Waals surface area (Å²) in [5, 5.41) is 2.58. The summed E-state index contributed by atoms with van der Waals surface area (Å²) in [6.07, 6.45) is -1.40. The number of H-pyrrole nitrogens is 1. The van der Waals surface area contributed by atoms with Crippen molar-refractivity contribution in [2.24, 2.45) is 0 Å². The molecule has 21 heavy (non-hydrogen) atoms. The van der Waals surface area contributed by atoms with E-state index in [9.17, 15) is 18.0 Å². The van der Waals surface area contributed by atoms with Gasteiger partial charge in [-0.2, -0.15) is 13.2 Å². The van der Waals surface area contributed by atoms with Crippen molar-refractivity contribution in [1.82, 2.24) is 15.3 Å². The lowest BCUT2D eigenvalue weighted by molar-refractivity contribution is -0.138. The minimum Gasteiger partial charge on any atom is -0.347 e. The van der Waals surface area contributed by atoms with Crippen molar-refractivity contribution in [3.8, 4) is 0 Å². The number of rotatable bonds is 3. The molecule has 1 amide bonds. The van der Waals surface area contributed by atoms with Crippen LogP contribution in [0.1, 0.15) is 34.7 Å². The van der Waals surface area contributed by atoms with Gasteiger partial charge in [0.05, 0.1) is 11.6 Å². The van der Waals surface area contributed by atoms with Crippen LogP contribution in [-0.4, -0.2) is 15.9 Å². The number of nitrogens with zero attached hydrogens (tertiary/aromatic N) is 1. The smallest absolute Gasteiger partial charge is 0.347 e. The minimum atomic E-state index is -4.53. The van der Waals surface area contributed by atoms with Gasteiger partial charge in [-0.1, -0.05) is 15.9 Å². The van der Waals surface area contributed by atoms with E-state index in [1.165, 1.54) is 18.3 Å². The van der Waals surface area contributed by atoms with E-state index >= 15 is 0 Å². The fraction of sp³-hybridized carbons (Fsp3) is 0.231. The van der Waals surface area contributed by atoms with E-state index in [-0.39, 0.29) is 10.0 Å². The van der Waals surface area contributed by atoms with Crippen molar-refractivity contribution in [3.63, 3.8) is 0 Å². The molecule has 0 aliphatic carbocycles. The van der Waals surface area contributed by atoms with Gasteiger partial charge < -0.3 is 10.3 Å². The molecular weight excluding hydrogens is 351 g/mol. The summed E-state index contributed by atoms with van der Waals surface area (Å²) in [5.74, 6) is -0.0755. The Kier molecular flexibility index (Phi) is 4.36. The minimum absolute atomic E-state index is 0.0658. The van der Waals surface area contributed by atoms with E-state index in [1.54, 1.807) is 13.1 Å². The van der Waals surface area contributed by atoms with Crippen LogP contribution < -0.4 is 5.32 Å². The Labute approximate surface area is 126 Å². The molecule has 4 nitrogen and oxygen atoms in total. The molecule has 0 bridgehead atoms. The summed E-state index contributed by atoms with van der Waals surface area (Å²) < 4.78 is 38.3. The van der Waals surface area contributed by atoms with Crippen LogP contribution in [0.2, 0.25) is 0 Å². The number of aromatic nitrogens is 2. The number of aromatic amines is 1. The van der Waals surface area contributed by atoms with Crippen LogP contribution >= 0.6 is 15.9 Å². The van der Waals surface area contributed by atoms with Gasteiger partial charge in [0, 0.05) is 22.4 Å². The molecule has 0 saturated carbocycles. The average molecular weight is 362 g/mol. The molecular formula is C13H11BrF3N3O. The molecule has 112 valence electrons. The maximum atomic E-state index is 12.8. The Morgan fingerprint density at radius 3 is 2.71 bits per heavy atom. The van der Waals surface area contributed by atoms with Crippen LogP contribution in [-0.2, 0) is 6.18 Å². The maximum absolute atomic E-state index is 12.8. The quantitative estimate of drug-likeness (QED) is 0.875. The number of carbonyl (C=O) groups excluding carboxylic acids is 1. The summed E-state index contributed by atoms with van der Waals surface area (Å²) in [6.45, 7) is 1.68. The van der Waals surface area contributed by atoms with Gasteiger partial charge in [0.25, 0.3) is 5.91 Å². The number of carbonyl (C=O) groups is 1. The zero-order valence-corrected chi connectivity index (χ0v) is 12.4. The lowest BCUT2D eigenvalue weighted by atomic mass is 10.1. The van der Waals surface area contributed by atoms with E-state index in [2.05, 4.69) is 31.2 Å². The maximum Gasteiger partial charge on any atom is 0.417 e. The van der Waals surface area contributed by atoms with Gasteiger partial charge in [0.1, 0.15) is 5.82 Å². The molecule has 1 aromatic heterocycles. The molecule has 0 aliphatic heterocycles. The van der Waals surface area contributed by atoms with E-state index in [1.807, 2.05) is 0 Å². The van der Waals surface area contributed by atoms with Crippen LogP contribution in [0.3, 0.4) is 0 Å². The molecule has 0 saturated heterocycles. The van der Waals surface area contributed by atoms with Crippen LogP contribution in [0.5, 0.6) is 0 Å². The van der Waals surface area contributed by atoms with E-state index < -0.39 is 23.7 Å². The summed E-state index contributed by atoms with van der Waals surface area (Å²) in [5.41, 5.74) is -0.954. The van der Waals surface area contributed by atoms with Crippen molar-refractivity contribution >= 4 is 21.8 Å². The van der Waals surface area contributed by atoms with Crippen molar-refractivity contribution in [1.29, 1.82) is 0 Å². The highest BCUT2D eigenvalue weighted by Crippen LogP contribution is 2.35. The van der Waals surface area contributed by atoms with Gasteiger partial charge in [-0.15, -0.1) is 0 Å². The summed E-state index contributed by atoms with van der Waals surface area (Å²) >= 11 is 2.83. The average Bonchev–Trinajstić information content (AvgIpc) is 2.91. The molecule has 0 radical (unpaired) electrons. The van der Waals surface area contributed by atoms with Crippen molar-refractivity contribution < 1.29 is 18.0 Å². The molecule has 8 heteroatoms. The monoisotopic (exact) mass is 361 g/mol. The number of hydrogen-bond donors (Lipinski definition) is 2. The Balaban J connectivity index is 2.20. The highest BCUT2D eigenvalue weighted by Gasteiger charge is 2.33. The Bertz CT molecular complexity index is 641. The van der Waals surface area contributed by atoms with Crippen LogP contribution in [0.15, 0.2) is 35.1 Å². The zero-order chi connectivity index (χ0) is 15.6. The number of halogens is 4. The number of amides is 1. The molecule has 1 atom stereocenters. The number of imidazole rings is 1. The van der Waals surface area contributed by atoms with Crippen LogP contribution in [0, 0.1) is 0 Å². The highest BCUT2D eigenvalue weighted by molar-refractivity contribution is 9.10. The summed E-state index contributed by atoms with van der Waals surface area (Å²) in [4.78, 5) is 18.8. The van der Waals surface area contributed by atoms with Gasteiger partial charge in [-0.25, -0.2) is 4.98 Å². The molecule has 1 unspecified atom stereocenters. The van der Waals surface area contributed by atoms with E-state index in [0.717, 1.165) is 6.07 Å². The summed E-state index contributed by atoms with van der Waals surface area (Å²) in [7, 11) is 0. The second-order valence-corrected chi connectivity index (χ2v) is 5.22. The Morgan fingerprint density at radius 1 is 1.43 bits per heavy atom. The van der Waals surface area contributed by atoms with Crippen molar-refractivity contribution in [2.45, 2.75) is 19.1 Å². The molecule has 0 spiro atoms. The molecule has 0 fully saturated rings. The van der Waals surface area contributed by atoms with Gasteiger partial charge in [-0.3, -0.25) is 4.79 Å². The fourth-order valence-electron chi connectivity index (χ4n) is 1.75. The van der Waals surface area contributed by atoms with E-state index in [4.69, 9.17) is 0 Å². The summed E-state index contributed by atoms with van der Waals surface area (Å²) in [6, 6.07) is 2.90. The molecule has 2 aromatic rings. The molecule has 1 aromatic carbocycles. The molecule has 1 heterocycles. The number of benzene rings is 1. The lowest BCUT2D eigenvalue weighted by Gasteiger charge is -2.14.